The van der Waals surface area contributed by atoms with Crippen molar-refractivity contribution in [1.82, 2.24) is 14.9 Å². The number of amides is 1. The summed E-state index contributed by atoms with van der Waals surface area (Å²) in [5.74, 6) is 1.74. The van der Waals surface area contributed by atoms with Crippen LogP contribution in [0.3, 0.4) is 0 Å². The number of hydrogen-bond donors (Lipinski definition) is 0. The van der Waals surface area contributed by atoms with E-state index >= 15 is 0 Å². The molecule has 0 aromatic carbocycles. The first-order valence-electron chi connectivity index (χ1n) is 7.22. The van der Waals surface area contributed by atoms with Gasteiger partial charge < -0.3 is 9.32 Å². The Kier molecular flexibility index (Phi) is 3.63. The highest BCUT2D eigenvalue weighted by Gasteiger charge is 2.26. The monoisotopic (exact) mass is 296 g/mol. The van der Waals surface area contributed by atoms with Gasteiger partial charge in [-0.2, -0.15) is 5.26 Å². The number of nitriles is 1. The third-order valence-electron chi connectivity index (χ3n) is 3.65. The lowest BCUT2D eigenvalue weighted by Crippen LogP contribution is -2.35. The minimum Gasteiger partial charge on any atom is -0.445 e. The Bertz CT molecular complexity index is 740. The van der Waals surface area contributed by atoms with Crippen LogP contribution < -0.4 is 0 Å². The molecule has 112 valence electrons. The van der Waals surface area contributed by atoms with Crippen molar-refractivity contribution in [2.75, 3.05) is 6.54 Å². The number of carbonyl (C=O) groups is 1. The molecule has 3 heterocycles. The summed E-state index contributed by atoms with van der Waals surface area (Å²) in [7, 11) is 0. The van der Waals surface area contributed by atoms with Gasteiger partial charge in [-0.05, 0) is 12.1 Å². The van der Waals surface area contributed by atoms with Gasteiger partial charge in [0.2, 0.25) is 0 Å². The molecule has 2 aromatic heterocycles. The fraction of sp³-hybridized carbons (Fsp3) is 0.375. The molecule has 1 aliphatic rings. The van der Waals surface area contributed by atoms with Crippen molar-refractivity contribution in [2.45, 2.75) is 32.7 Å². The van der Waals surface area contributed by atoms with Gasteiger partial charge in [0.05, 0.1) is 12.1 Å². The molecule has 0 fully saturated rings. The van der Waals surface area contributed by atoms with E-state index in [2.05, 4.69) is 9.97 Å². The zero-order valence-electron chi connectivity index (χ0n) is 12.5. The average Bonchev–Trinajstić information content (AvgIpc) is 2.97. The molecule has 2 aromatic rings. The van der Waals surface area contributed by atoms with E-state index < -0.39 is 0 Å². The van der Waals surface area contributed by atoms with Gasteiger partial charge in [-0.3, -0.25) is 4.79 Å². The highest BCUT2D eigenvalue weighted by Crippen LogP contribution is 2.24. The topological polar surface area (TPSA) is 83.0 Å². The van der Waals surface area contributed by atoms with Crippen LogP contribution in [-0.2, 0) is 13.0 Å². The lowest BCUT2D eigenvalue weighted by molar-refractivity contribution is 0.0727. The third kappa shape index (κ3) is 2.58. The molecule has 0 saturated carbocycles. The minimum atomic E-state index is -0.100. The Hall–Kier alpha value is -2.68. The minimum absolute atomic E-state index is 0.100. The van der Waals surface area contributed by atoms with Gasteiger partial charge in [0.1, 0.15) is 23.2 Å². The van der Waals surface area contributed by atoms with E-state index in [1.54, 1.807) is 17.0 Å². The lowest BCUT2D eigenvalue weighted by Gasteiger charge is -2.25. The van der Waals surface area contributed by atoms with Crippen LogP contribution in [0.25, 0.3) is 0 Å². The number of aromatic nitrogens is 2. The van der Waals surface area contributed by atoms with E-state index in [1.807, 2.05) is 19.9 Å². The Labute approximate surface area is 128 Å². The largest absolute Gasteiger partial charge is 0.445 e. The van der Waals surface area contributed by atoms with Crippen LogP contribution in [-0.4, -0.2) is 27.3 Å². The summed E-state index contributed by atoms with van der Waals surface area (Å²) >= 11 is 0. The molecule has 1 aliphatic heterocycles. The van der Waals surface area contributed by atoms with Crippen molar-refractivity contribution < 1.29 is 9.21 Å². The molecule has 0 atom stereocenters. The predicted octanol–water partition coefficient (Wildman–Crippen LogP) is 2.26. The van der Waals surface area contributed by atoms with Crippen LogP contribution in [0.1, 0.15) is 53.2 Å². The highest BCUT2D eigenvalue weighted by atomic mass is 16.4. The van der Waals surface area contributed by atoms with Gasteiger partial charge in [-0.15, -0.1) is 0 Å². The second-order valence-corrected chi connectivity index (χ2v) is 5.60. The summed E-state index contributed by atoms with van der Waals surface area (Å²) in [6.45, 7) is 5.11. The fourth-order valence-corrected chi connectivity index (χ4v) is 2.41. The zero-order chi connectivity index (χ0) is 15.7. The first kappa shape index (κ1) is 14.3. The second-order valence-electron chi connectivity index (χ2n) is 5.60. The van der Waals surface area contributed by atoms with E-state index in [9.17, 15) is 4.79 Å². The number of oxazole rings is 1. The predicted molar refractivity (Wildman–Crippen MR) is 78.0 cm³/mol. The number of pyridine rings is 1. The molecule has 0 bridgehead atoms. The van der Waals surface area contributed by atoms with Crippen molar-refractivity contribution in [3.05, 3.63) is 46.9 Å². The van der Waals surface area contributed by atoms with Crippen molar-refractivity contribution in [3.8, 4) is 6.07 Å². The number of hydrogen-bond acceptors (Lipinski definition) is 5. The summed E-state index contributed by atoms with van der Waals surface area (Å²) < 4.78 is 5.73. The molecule has 6 heteroatoms. The molecule has 6 nitrogen and oxygen atoms in total. The number of fused-ring (bicyclic) bond motifs is 1. The molecular weight excluding hydrogens is 280 g/mol. The number of carbonyl (C=O) groups excluding carboxylic acids is 1. The van der Waals surface area contributed by atoms with Crippen molar-refractivity contribution >= 4 is 5.91 Å². The molecule has 0 aliphatic carbocycles. The summed E-state index contributed by atoms with van der Waals surface area (Å²) in [6.07, 6.45) is 2.11. The maximum atomic E-state index is 12.5. The van der Waals surface area contributed by atoms with Gasteiger partial charge >= 0.3 is 0 Å². The van der Waals surface area contributed by atoms with Crippen LogP contribution in [0.15, 0.2) is 22.7 Å². The maximum Gasteiger partial charge on any atom is 0.255 e. The normalized spacial score (nSPS) is 13.8. The molecule has 0 spiro atoms. The summed E-state index contributed by atoms with van der Waals surface area (Å²) in [5.41, 5.74) is 1.62. The SMILES string of the molecule is CC(C)c1nc2c(o1)CCN(C(=O)c1ccc(C#N)nc1)C2. The van der Waals surface area contributed by atoms with Crippen molar-refractivity contribution in [3.63, 3.8) is 0 Å². The zero-order valence-corrected chi connectivity index (χ0v) is 12.5. The van der Waals surface area contributed by atoms with E-state index in [4.69, 9.17) is 9.68 Å². The van der Waals surface area contributed by atoms with Crippen molar-refractivity contribution in [1.29, 1.82) is 5.26 Å². The maximum absolute atomic E-state index is 12.5. The summed E-state index contributed by atoms with van der Waals surface area (Å²) in [5, 5.41) is 8.75. The molecule has 22 heavy (non-hydrogen) atoms. The smallest absolute Gasteiger partial charge is 0.255 e. The number of nitrogens with zero attached hydrogens (tertiary/aromatic N) is 4. The van der Waals surface area contributed by atoms with Gasteiger partial charge in [0.15, 0.2) is 5.89 Å². The van der Waals surface area contributed by atoms with E-state index in [1.165, 1.54) is 6.20 Å². The molecule has 3 rings (SSSR count). The first-order valence-corrected chi connectivity index (χ1v) is 7.22. The Morgan fingerprint density at radius 1 is 1.45 bits per heavy atom. The van der Waals surface area contributed by atoms with Gasteiger partial charge in [-0.1, -0.05) is 13.8 Å². The van der Waals surface area contributed by atoms with Crippen LogP contribution in [0.4, 0.5) is 0 Å². The molecule has 0 unspecified atom stereocenters. The van der Waals surface area contributed by atoms with Crippen LogP contribution in [0, 0.1) is 11.3 Å². The molecule has 0 N–H and O–H groups in total. The van der Waals surface area contributed by atoms with E-state index in [-0.39, 0.29) is 11.8 Å². The lowest BCUT2D eigenvalue weighted by atomic mass is 10.1. The van der Waals surface area contributed by atoms with Crippen molar-refractivity contribution in [2.24, 2.45) is 0 Å². The second kappa shape index (κ2) is 5.60. The number of rotatable bonds is 2. The summed E-state index contributed by atoms with van der Waals surface area (Å²) in [4.78, 5) is 22.7. The Morgan fingerprint density at radius 3 is 2.91 bits per heavy atom. The quantitative estimate of drug-likeness (QED) is 0.848. The average molecular weight is 296 g/mol. The Balaban J connectivity index is 1.78. The fourth-order valence-electron chi connectivity index (χ4n) is 2.41. The molecular formula is C16H16N4O2. The molecule has 1 amide bonds. The van der Waals surface area contributed by atoms with Gasteiger partial charge in [0, 0.05) is 25.1 Å². The van der Waals surface area contributed by atoms with E-state index in [0.29, 0.717) is 30.8 Å². The van der Waals surface area contributed by atoms with Crippen LogP contribution >= 0.6 is 0 Å². The first-order chi connectivity index (χ1) is 10.6. The third-order valence-corrected chi connectivity index (χ3v) is 3.65. The molecule has 0 saturated heterocycles. The van der Waals surface area contributed by atoms with Crippen LogP contribution in [0.2, 0.25) is 0 Å². The van der Waals surface area contributed by atoms with E-state index in [0.717, 1.165) is 17.3 Å². The molecule has 0 radical (unpaired) electrons. The van der Waals surface area contributed by atoms with Gasteiger partial charge in [-0.25, -0.2) is 9.97 Å². The highest BCUT2D eigenvalue weighted by molar-refractivity contribution is 5.94. The standard InChI is InChI=1S/C16H16N4O2/c1-10(2)15-19-13-9-20(6-5-14(13)22-15)16(21)11-3-4-12(7-17)18-8-11/h3-4,8,10H,5-6,9H2,1-2H3. The summed E-state index contributed by atoms with van der Waals surface area (Å²) in [6, 6.07) is 5.12. The van der Waals surface area contributed by atoms with Crippen LogP contribution in [0.5, 0.6) is 0 Å². The van der Waals surface area contributed by atoms with Gasteiger partial charge in [0.25, 0.3) is 5.91 Å². The Morgan fingerprint density at radius 2 is 2.27 bits per heavy atom.